The Morgan fingerprint density at radius 1 is 1.24 bits per heavy atom. The molecule has 1 aliphatic heterocycles. The Hall–Kier alpha value is -3.22. The van der Waals surface area contributed by atoms with E-state index in [9.17, 15) is 0 Å². The molecule has 2 aromatic heterocycles. The Morgan fingerprint density at radius 3 is 2.56 bits per heavy atom. The van der Waals surface area contributed by atoms with Crippen molar-refractivity contribution >= 4 is 17.2 Å². The van der Waals surface area contributed by atoms with Crippen LogP contribution in [0.1, 0.15) is 25.8 Å². The molecule has 1 aliphatic rings. The van der Waals surface area contributed by atoms with E-state index >= 15 is 0 Å². The highest BCUT2D eigenvalue weighted by atomic mass is 15.5. The summed E-state index contributed by atoms with van der Waals surface area (Å²) in [6.45, 7) is 7.99. The van der Waals surface area contributed by atoms with E-state index < -0.39 is 0 Å². The summed E-state index contributed by atoms with van der Waals surface area (Å²) < 4.78 is 0. The number of aliphatic imine (C=N–C) groups is 1. The monoisotopic (exact) mass is 337 g/mol. The van der Waals surface area contributed by atoms with Crippen LogP contribution in [0.2, 0.25) is 0 Å². The largest absolute Gasteiger partial charge is 0.323 e. The van der Waals surface area contributed by atoms with Crippen molar-refractivity contribution in [2.45, 2.75) is 20.3 Å². The van der Waals surface area contributed by atoms with Crippen molar-refractivity contribution in [3.05, 3.63) is 67.0 Å². The lowest BCUT2D eigenvalue weighted by atomic mass is 10.1. The van der Waals surface area contributed by atoms with Crippen LogP contribution >= 0.6 is 0 Å². The maximum absolute atomic E-state index is 4.40. The summed E-state index contributed by atoms with van der Waals surface area (Å²) in [5.74, 6) is 0.515. The zero-order valence-electron chi connectivity index (χ0n) is 14.8. The van der Waals surface area contributed by atoms with E-state index in [1.165, 1.54) is 0 Å². The van der Waals surface area contributed by atoms with Crippen LogP contribution in [-0.2, 0) is 0 Å². The minimum atomic E-state index is 0.515. The SMILES string of the molecule is C/C=C\C.C=C(Nc1ncccn1)C1=NC=C(c2cnn(NC)c2)C1. The molecule has 0 atom stereocenters. The van der Waals surface area contributed by atoms with E-state index in [4.69, 9.17) is 0 Å². The molecule has 2 N–H and O–H groups in total. The van der Waals surface area contributed by atoms with E-state index in [2.05, 4.69) is 37.4 Å². The molecule has 0 amide bonds. The topological polar surface area (TPSA) is 80.0 Å². The minimum Gasteiger partial charge on any atom is -0.323 e. The molecule has 0 saturated carbocycles. The molecule has 0 aromatic carbocycles. The van der Waals surface area contributed by atoms with Gasteiger partial charge in [0.15, 0.2) is 0 Å². The maximum atomic E-state index is 4.40. The van der Waals surface area contributed by atoms with Gasteiger partial charge in [-0.3, -0.25) is 4.99 Å². The second-order valence-electron chi connectivity index (χ2n) is 5.15. The molecule has 2 aromatic rings. The third-order valence-electron chi connectivity index (χ3n) is 3.43. The molecule has 0 aliphatic carbocycles. The molecule has 0 saturated heterocycles. The van der Waals surface area contributed by atoms with E-state index in [0.29, 0.717) is 18.1 Å². The number of hydrogen-bond donors (Lipinski definition) is 2. The van der Waals surface area contributed by atoms with Crippen LogP contribution in [0.5, 0.6) is 0 Å². The van der Waals surface area contributed by atoms with Crippen LogP contribution in [0.25, 0.3) is 5.57 Å². The summed E-state index contributed by atoms with van der Waals surface area (Å²) >= 11 is 0. The molecule has 25 heavy (non-hydrogen) atoms. The molecule has 0 radical (unpaired) electrons. The van der Waals surface area contributed by atoms with E-state index in [1.54, 1.807) is 29.4 Å². The standard InChI is InChI=1S/C14H15N7.C4H8/c1-10(20-14-16-4-3-5-17-14)13-6-11(7-18-13)12-8-19-21(9-12)15-2;1-3-4-2/h3-5,7-9,15H,1,6H2,2H3,(H,16,17,20);3-4H,1-2H3/b;4-3-. The van der Waals surface area contributed by atoms with Gasteiger partial charge in [0.25, 0.3) is 0 Å². The van der Waals surface area contributed by atoms with E-state index in [1.807, 2.05) is 45.4 Å². The second kappa shape index (κ2) is 9.17. The van der Waals surface area contributed by atoms with Crippen molar-refractivity contribution < 1.29 is 0 Å². The zero-order chi connectivity index (χ0) is 18.1. The molecular weight excluding hydrogens is 314 g/mol. The molecule has 0 fully saturated rings. The van der Waals surface area contributed by atoms with Crippen molar-refractivity contribution in [1.29, 1.82) is 0 Å². The van der Waals surface area contributed by atoms with Crippen molar-refractivity contribution in [2.75, 3.05) is 17.8 Å². The molecule has 7 heteroatoms. The lowest BCUT2D eigenvalue weighted by Crippen LogP contribution is -2.10. The van der Waals surface area contributed by atoms with Gasteiger partial charge in [-0.2, -0.15) is 9.89 Å². The highest BCUT2D eigenvalue weighted by Crippen LogP contribution is 2.25. The number of hydrogen-bond acceptors (Lipinski definition) is 6. The highest BCUT2D eigenvalue weighted by Gasteiger charge is 2.16. The molecule has 0 bridgehead atoms. The molecule has 0 unspecified atom stereocenters. The highest BCUT2D eigenvalue weighted by molar-refractivity contribution is 6.09. The Kier molecular flexibility index (Phi) is 6.65. The average molecular weight is 337 g/mol. The number of nitrogens with zero attached hydrogens (tertiary/aromatic N) is 5. The molecular formula is C18H23N7. The molecule has 3 heterocycles. The number of rotatable bonds is 5. The van der Waals surface area contributed by atoms with Gasteiger partial charge in [-0.05, 0) is 25.5 Å². The van der Waals surface area contributed by atoms with Gasteiger partial charge in [0.2, 0.25) is 5.95 Å². The predicted molar refractivity (Wildman–Crippen MR) is 103 cm³/mol. The quantitative estimate of drug-likeness (QED) is 0.819. The number of nitrogens with one attached hydrogen (secondary N) is 2. The van der Waals surface area contributed by atoms with Crippen LogP contribution in [0, 0.1) is 0 Å². The van der Waals surface area contributed by atoms with Crippen molar-refractivity contribution in [3.8, 4) is 0 Å². The van der Waals surface area contributed by atoms with Crippen LogP contribution < -0.4 is 10.7 Å². The maximum Gasteiger partial charge on any atom is 0.227 e. The lowest BCUT2D eigenvalue weighted by molar-refractivity contribution is 0.782. The molecule has 7 nitrogen and oxygen atoms in total. The van der Waals surface area contributed by atoms with Gasteiger partial charge in [-0.15, -0.1) is 0 Å². The summed E-state index contributed by atoms with van der Waals surface area (Å²) in [5, 5.41) is 7.23. The Morgan fingerprint density at radius 2 is 1.96 bits per heavy atom. The van der Waals surface area contributed by atoms with Crippen LogP contribution in [0.15, 0.2) is 66.5 Å². The van der Waals surface area contributed by atoms with E-state index in [0.717, 1.165) is 16.8 Å². The first-order valence-electron chi connectivity index (χ1n) is 7.97. The normalized spacial score (nSPS) is 12.9. The Bertz CT molecular complexity index is 781. The van der Waals surface area contributed by atoms with Crippen molar-refractivity contribution in [1.82, 2.24) is 19.9 Å². The smallest absolute Gasteiger partial charge is 0.227 e. The van der Waals surface area contributed by atoms with Gasteiger partial charge >= 0.3 is 0 Å². The summed E-state index contributed by atoms with van der Waals surface area (Å²) in [6, 6.07) is 1.76. The number of aromatic nitrogens is 4. The van der Waals surface area contributed by atoms with Gasteiger partial charge in [0, 0.05) is 37.6 Å². The molecule has 0 spiro atoms. The third kappa shape index (κ3) is 5.13. The van der Waals surface area contributed by atoms with Gasteiger partial charge in [0.1, 0.15) is 0 Å². The van der Waals surface area contributed by atoms with Gasteiger partial charge in [0.05, 0.1) is 23.8 Å². The first-order chi connectivity index (χ1) is 12.2. The Labute approximate surface area is 147 Å². The minimum absolute atomic E-state index is 0.515. The van der Waals surface area contributed by atoms with Crippen LogP contribution in [-0.4, -0.2) is 32.6 Å². The average Bonchev–Trinajstić information content (AvgIpc) is 3.32. The van der Waals surface area contributed by atoms with E-state index in [-0.39, 0.29) is 0 Å². The van der Waals surface area contributed by atoms with Crippen molar-refractivity contribution in [2.24, 2.45) is 4.99 Å². The van der Waals surface area contributed by atoms with Crippen LogP contribution in [0.3, 0.4) is 0 Å². The third-order valence-corrected chi connectivity index (χ3v) is 3.43. The fraction of sp³-hybridized carbons (Fsp3) is 0.222. The fourth-order valence-corrected chi connectivity index (χ4v) is 1.97. The Balaban J connectivity index is 0.000000511. The zero-order valence-corrected chi connectivity index (χ0v) is 14.8. The molecule has 3 rings (SSSR count). The van der Waals surface area contributed by atoms with Gasteiger partial charge in [-0.25, -0.2) is 9.97 Å². The van der Waals surface area contributed by atoms with Crippen molar-refractivity contribution in [3.63, 3.8) is 0 Å². The summed E-state index contributed by atoms with van der Waals surface area (Å²) in [5.41, 5.74) is 6.64. The number of allylic oxidation sites excluding steroid dienone is 4. The first kappa shape index (κ1) is 18.1. The fourth-order valence-electron chi connectivity index (χ4n) is 1.97. The van der Waals surface area contributed by atoms with Crippen LogP contribution in [0.4, 0.5) is 5.95 Å². The summed E-state index contributed by atoms with van der Waals surface area (Å²) in [7, 11) is 1.81. The number of anilines is 1. The van der Waals surface area contributed by atoms with Gasteiger partial charge in [-0.1, -0.05) is 18.7 Å². The summed E-state index contributed by atoms with van der Waals surface area (Å²) in [6.07, 6.45) is 13.6. The summed E-state index contributed by atoms with van der Waals surface area (Å²) in [4.78, 5) is 14.3. The second-order valence-corrected chi connectivity index (χ2v) is 5.15. The molecule has 130 valence electrons. The van der Waals surface area contributed by atoms with Gasteiger partial charge < -0.3 is 10.7 Å². The lowest BCUT2D eigenvalue weighted by Gasteiger charge is -2.07. The first-order valence-corrected chi connectivity index (χ1v) is 7.97. The predicted octanol–water partition coefficient (Wildman–Crippen LogP) is 3.24.